The van der Waals surface area contributed by atoms with Crippen LogP contribution in [0.3, 0.4) is 0 Å². The first-order valence-electron chi connectivity index (χ1n) is 6.60. The minimum atomic E-state index is -1.25. The highest BCUT2D eigenvalue weighted by Crippen LogP contribution is 2.31. The van der Waals surface area contributed by atoms with Crippen LogP contribution in [0.2, 0.25) is 0 Å². The Balaban J connectivity index is 2.06. The van der Waals surface area contributed by atoms with Crippen molar-refractivity contribution >= 4 is 17.4 Å². The lowest BCUT2D eigenvalue weighted by atomic mass is 9.91. The highest BCUT2D eigenvalue weighted by molar-refractivity contribution is 6.23. The highest BCUT2D eigenvalue weighted by atomic mass is 16.2. The second-order valence-corrected chi connectivity index (χ2v) is 4.85. The summed E-state index contributed by atoms with van der Waals surface area (Å²) in [6, 6.07) is 18.2. The van der Waals surface area contributed by atoms with Crippen LogP contribution >= 0.6 is 0 Å². The molecule has 0 N–H and O–H groups in total. The fourth-order valence-electron chi connectivity index (χ4n) is 2.50. The van der Waals surface area contributed by atoms with Gasteiger partial charge in [0.2, 0.25) is 0 Å². The molecular weight excluding hydrogens is 264 g/mol. The van der Waals surface area contributed by atoms with Crippen LogP contribution in [0.25, 0.3) is 0 Å². The molecule has 0 spiro atoms. The predicted molar refractivity (Wildman–Crippen MR) is 77.5 cm³/mol. The highest BCUT2D eigenvalue weighted by Gasteiger charge is 2.39. The topological polar surface area (TPSA) is 61.2 Å². The largest absolute Gasteiger partial charge is 0.306 e. The molecule has 1 heterocycles. The van der Waals surface area contributed by atoms with Gasteiger partial charge in [0, 0.05) is 5.56 Å². The van der Waals surface area contributed by atoms with Gasteiger partial charge in [0.15, 0.2) is 11.7 Å². The van der Waals surface area contributed by atoms with Gasteiger partial charge in [-0.3, -0.25) is 9.59 Å². The van der Waals surface area contributed by atoms with E-state index in [-0.39, 0.29) is 0 Å². The molecule has 0 aromatic heterocycles. The van der Waals surface area contributed by atoms with Crippen molar-refractivity contribution in [1.29, 1.82) is 5.26 Å². The number of carbonyl (C=O) groups excluding carboxylic acids is 2. The van der Waals surface area contributed by atoms with Gasteiger partial charge in [-0.2, -0.15) is 5.26 Å². The Morgan fingerprint density at radius 1 is 1.00 bits per heavy atom. The molecule has 0 fully saturated rings. The molecule has 0 saturated heterocycles. The zero-order chi connectivity index (χ0) is 14.8. The number of amides is 1. The number of fused-ring (bicyclic) bond motifs is 1. The van der Waals surface area contributed by atoms with Crippen LogP contribution in [-0.2, 0) is 11.3 Å². The first-order valence-corrected chi connectivity index (χ1v) is 6.60. The van der Waals surface area contributed by atoms with Crippen molar-refractivity contribution in [3.63, 3.8) is 0 Å². The maximum Gasteiger partial charge on any atom is 0.252 e. The molecule has 21 heavy (non-hydrogen) atoms. The van der Waals surface area contributed by atoms with Gasteiger partial charge < -0.3 is 4.90 Å². The SMILES string of the molecule is N#C[C@@H]1C(=O)c2ccccc2N(Cc2ccccc2)C1=O. The van der Waals surface area contributed by atoms with Crippen molar-refractivity contribution in [3.05, 3.63) is 65.7 Å². The van der Waals surface area contributed by atoms with E-state index in [1.807, 2.05) is 36.4 Å². The first kappa shape index (κ1) is 13.1. The van der Waals surface area contributed by atoms with E-state index in [1.165, 1.54) is 4.90 Å². The van der Waals surface area contributed by atoms with Crippen LogP contribution in [0.4, 0.5) is 5.69 Å². The number of carbonyl (C=O) groups is 2. The summed E-state index contributed by atoms with van der Waals surface area (Å²) in [5.41, 5.74) is 1.95. The molecule has 4 heteroatoms. The van der Waals surface area contributed by atoms with Crippen molar-refractivity contribution in [1.82, 2.24) is 0 Å². The number of nitriles is 1. The first-order chi connectivity index (χ1) is 10.2. The van der Waals surface area contributed by atoms with Crippen LogP contribution in [0, 0.1) is 17.2 Å². The number of ketones is 1. The third-order valence-electron chi connectivity index (χ3n) is 3.55. The average molecular weight is 276 g/mol. The van der Waals surface area contributed by atoms with Gasteiger partial charge in [-0.25, -0.2) is 0 Å². The summed E-state index contributed by atoms with van der Waals surface area (Å²) in [7, 11) is 0. The Bertz CT molecular complexity index is 747. The Labute approximate surface area is 122 Å². The van der Waals surface area contributed by atoms with Crippen LogP contribution in [0.5, 0.6) is 0 Å². The van der Waals surface area contributed by atoms with Crippen molar-refractivity contribution in [3.8, 4) is 6.07 Å². The molecule has 0 aliphatic carbocycles. The lowest BCUT2D eigenvalue weighted by molar-refractivity contribution is -0.120. The quantitative estimate of drug-likeness (QED) is 0.792. The van der Waals surface area contributed by atoms with Crippen molar-refractivity contribution < 1.29 is 9.59 Å². The smallest absolute Gasteiger partial charge is 0.252 e. The van der Waals surface area contributed by atoms with E-state index >= 15 is 0 Å². The number of rotatable bonds is 2. The van der Waals surface area contributed by atoms with E-state index in [1.54, 1.807) is 24.3 Å². The Morgan fingerprint density at radius 3 is 2.38 bits per heavy atom. The molecule has 4 nitrogen and oxygen atoms in total. The predicted octanol–water partition coefficient (Wildman–Crippen LogP) is 2.56. The lowest BCUT2D eigenvalue weighted by Gasteiger charge is -2.30. The third-order valence-corrected chi connectivity index (χ3v) is 3.55. The number of benzene rings is 2. The van der Waals surface area contributed by atoms with Gasteiger partial charge in [0.05, 0.1) is 18.3 Å². The molecule has 1 atom stereocenters. The number of hydrogen-bond donors (Lipinski definition) is 0. The van der Waals surface area contributed by atoms with Gasteiger partial charge in [-0.15, -0.1) is 0 Å². The van der Waals surface area contributed by atoms with Gasteiger partial charge in [0.25, 0.3) is 5.91 Å². The van der Waals surface area contributed by atoms with Crippen molar-refractivity contribution in [2.75, 3.05) is 4.90 Å². The second kappa shape index (κ2) is 5.22. The Hall–Kier alpha value is -2.93. The Morgan fingerprint density at radius 2 is 1.67 bits per heavy atom. The van der Waals surface area contributed by atoms with Gasteiger partial charge >= 0.3 is 0 Å². The molecule has 2 aromatic carbocycles. The maximum atomic E-state index is 12.4. The monoisotopic (exact) mass is 276 g/mol. The molecule has 3 rings (SSSR count). The molecule has 0 bridgehead atoms. The molecule has 1 aliphatic heterocycles. The Kier molecular flexibility index (Phi) is 3.25. The van der Waals surface area contributed by atoms with Crippen LogP contribution < -0.4 is 4.90 Å². The lowest BCUT2D eigenvalue weighted by Crippen LogP contribution is -2.43. The number of anilines is 1. The normalized spacial score (nSPS) is 17.3. The standard InChI is InChI=1S/C17H12N2O2/c18-10-14-16(20)13-8-4-5-9-15(13)19(17(14)21)11-12-6-2-1-3-7-12/h1-9,14H,11H2/t14-/m1/s1. The van der Waals surface area contributed by atoms with Gasteiger partial charge in [-0.1, -0.05) is 42.5 Å². The molecular formula is C17H12N2O2. The molecule has 0 unspecified atom stereocenters. The summed E-state index contributed by atoms with van der Waals surface area (Å²) in [5.74, 6) is -2.11. The zero-order valence-corrected chi connectivity index (χ0v) is 11.2. The summed E-state index contributed by atoms with van der Waals surface area (Å²) in [6.45, 7) is 0.349. The summed E-state index contributed by atoms with van der Waals surface area (Å²) < 4.78 is 0. The van der Waals surface area contributed by atoms with Gasteiger partial charge in [0.1, 0.15) is 0 Å². The molecule has 102 valence electrons. The molecule has 0 saturated carbocycles. The fourth-order valence-corrected chi connectivity index (χ4v) is 2.50. The average Bonchev–Trinajstić information content (AvgIpc) is 2.53. The number of Topliss-reactive ketones (excluding diaryl/α,β-unsaturated/α-hetero) is 1. The third kappa shape index (κ3) is 2.19. The van der Waals surface area contributed by atoms with E-state index in [4.69, 9.17) is 5.26 Å². The van der Waals surface area contributed by atoms with E-state index < -0.39 is 17.6 Å². The van der Waals surface area contributed by atoms with Crippen LogP contribution in [0.1, 0.15) is 15.9 Å². The maximum absolute atomic E-state index is 12.4. The van der Waals surface area contributed by atoms with E-state index in [0.29, 0.717) is 17.8 Å². The van der Waals surface area contributed by atoms with Crippen molar-refractivity contribution in [2.24, 2.45) is 5.92 Å². The fraction of sp³-hybridized carbons (Fsp3) is 0.118. The van der Waals surface area contributed by atoms with Crippen LogP contribution in [-0.4, -0.2) is 11.7 Å². The minimum Gasteiger partial charge on any atom is -0.306 e. The van der Waals surface area contributed by atoms with Crippen LogP contribution in [0.15, 0.2) is 54.6 Å². The summed E-state index contributed by atoms with van der Waals surface area (Å²) >= 11 is 0. The van der Waals surface area contributed by atoms with E-state index in [9.17, 15) is 9.59 Å². The molecule has 2 aromatic rings. The summed E-state index contributed by atoms with van der Waals surface area (Å²) in [6.07, 6.45) is 0. The molecule has 1 aliphatic rings. The second-order valence-electron chi connectivity index (χ2n) is 4.85. The number of para-hydroxylation sites is 1. The summed E-state index contributed by atoms with van der Waals surface area (Å²) in [5, 5.41) is 9.12. The number of nitrogens with zero attached hydrogens (tertiary/aromatic N) is 2. The molecule has 1 amide bonds. The van der Waals surface area contributed by atoms with Gasteiger partial charge in [-0.05, 0) is 17.7 Å². The summed E-state index contributed by atoms with van der Waals surface area (Å²) in [4.78, 5) is 26.1. The zero-order valence-electron chi connectivity index (χ0n) is 11.2. The minimum absolute atomic E-state index is 0.349. The number of hydrogen-bond acceptors (Lipinski definition) is 3. The molecule has 0 radical (unpaired) electrons. The van der Waals surface area contributed by atoms with Crippen molar-refractivity contribution in [2.45, 2.75) is 6.54 Å². The van der Waals surface area contributed by atoms with E-state index in [0.717, 1.165) is 5.56 Å². The van der Waals surface area contributed by atoms with E-state index in [2.05, 4.69) is 0 Å².